The molecule has 1 amide bonds. The summed E-state index contributed by atoms with van der Waals surface area (Å²) in [5, 5.41) is 17.7. The zero-order valence-electron chi connectivity index (χ0n) is 15.3. The normalized spacial score (nSPS) is 11.1. The number of carbonyl (C=O) groups excluding carboxylic acids is 1. The molecule has 0 spiro atoms. The Morgan fingerprint density at radius 2 is 1.81 bits per heavy atom. The van der Waals surface area contributed by atoms with Crippen LogP contribution in [-0.4, -0.2) is 20.7 Å². The number of anilines is 1. The Morgan fingerprint density at radius 1 is 1.11 bits per heavy atom. The number of carbonyl (C=O) groups is 1. The van der Waals surface area contributed by atoms with Gasteiger partial charge in [0.1, 0.15) is 11.5 Å². The second kappa shape index (κ2) is 6.32. The SMILES string of the molecule is CC(=O)Nc1c(-c2c(C)noc2C)n(-c2ccc(O)cc2)c2ccccc12. The number of rotatable bonds is 3. The number of aryl methyl sites for hydroxylation is 2. The predicted molar refractivity (Wildman–Crippen MR) is 104 cm³/mol. The maximum absolute atomic E-state index is 11.9. The van der Waals surface area contributed by atoms with Gasteiger partial charge in [0.2, 0.25) is 5.91 Å². The smallest absolute Gasteiger partial charge is 0.221 e. The fraction of sp³-hybridized carbons (Fsp3) is 0.143. The van der Waals surface area contributed by atoms with Crippen molar-refractivity contribution in [3.63, 3.8) is 0 Å². The number of nitrogens with one attached hydrogen (secondary N) is 1. The third-order valence-electron chi connectivity index (χ3n) is 4.55. The molecule has 4 aromatic rings. The molecule has 0 atom stereocenters. The second-order valence-corrected chi connectivity index (χ2v) is 6.47. The van der Waals surface area contributed by atoms with E-state index >= 15 is 0 Å². The van der Waals surface area contributed by atoms with Gasteiger partial charge in [-0.3, -0.25) is 4.79 Å². The minimum absolute atomic E-state index is 0.156. The highest BCUT2D eigenvalue weighted by molar-refractivity contribution is 6.09. The van der Waals surface area contributed by atoms with E-state index in [0.29, 0.717) is 11.4 Å². The molecular formula is C21H19N3O3. The fourth-order valence-electron chi connectivity index (χ4n) is 3.47. The van der Waals surface area contributed by atoms with Gasteiger partial charge in [-0.1, -0.05) is 23.4 Å². The van der Waals surface area contributed by atoms with Crippen molar-refractivity contribution >= 4 is 22.5 Å². The van der Waals surface area contributed by atoms with E-state index in [-0.39, 0.29) is 11.7 Å². The van der Waals surface area contributed by atoms with Crippen molar-refractivity contribution in [3.8, 4) is 22.7 Å². The first-order chi connectivity index (χ1) is 13.0. The molecule has 2 aromatic carbocycles. The lowest BCUT2D eigenvalue weighted by molar-refractivity contribution is -0.114. The van der Waals surface area contributed by atoms with Gasteiger partial charge in [0, 0.05) is 18.0 Å². The molecule has 6 heteroatoms. The molecule has 0 aliphatic heterocycles. The molecule has 6 nitrogen and oxygen atoms in total. The number of hydrogen-bond donors (Lipinski definition) is 2. The summed E-state index contributed by atoms with van der Waals surface area (Å²) in [6.07, 6.45) is 0. The van der Waals surface area contributed by atoms with E-state index in [1.54, 1.807) is 12.1 Å². The van der Waals surface area contributed by atoms with Crippen LogP contribution in [-0.2, 0) is 4.79 Å². The predicted octanol–water partition coefficient (Wildman–Crippen LogP) is 4.57. The summed E-state index contributed by atoms with van der Waals surface area (Å²) < 4.78 is 7.45. The molecular weight excluding hydrogens is 342 g/mol. The third-order valence-corrected chi connectivity index (χ3v) is 4.55. The van der Waals surface area contributed by atoms with E-state index in [1.807, 2.05) is 54.8 Å². The summed E-state index contributed by atoms with van der Waals surface area (Å²) in [7, 11) is 0. The van der Waals surface area contributed by atoms with Crippen LogP contribution in [0, 0.1) is 13.8 Å². The fourth-order valence-corrected chi connectivity index (χ4v) is 3.47. The van der Waals surface area contributed by atoms with Crippen LogP contribution in [0.25, 0.3) is 27.8 Å². The first kappa shape index (κ1) is 16.9. The maximum Gasteiger partial charge on any atom is 0.221 e. The van der Waals surface area contributed by atoms with Gasteiger partial charge in [-0.15, -0.1) is 0 Å². The van der Waals surface area contributed by atoms with Gasteiger partial charge in [0.15, 0.2) is 0 Å². The first-order valence-corrected chi connectivity index (χ1v) is 8.61. The number of aromatic hydroxyl groups is 1. The van der Waals surface area contributed by atoms with E-state index in [9.17, 15) is 9.90 Å². The van der Waals surface area contributed by atoms with Crippen molar-refractivity contribution < 1.29 is 14.4 Å². The third kappa shape index (κ3) is 2.75. The topological polar surface area (TPSA) is 80.3 Å². The van der Waals surface area contributed by atoms with E-state index in [2.05, 4.69) is 10.5 Å². The van der Waals surface area contributed by atoms with Gasteiger partial charge in [0.25, 0.3) is 0 Å². The van der Waals surface area contributed by atoms with E-state index < -0.39 is 0 Å². The van der Waals surface area contributed by atoms with Crippen LogP contribution in [0.15, 0.2) is 53.1 Å². The highest BCUT2D eigenvalue weighted by Crippen LogP contribution is 2.42. The summed E-state index contributed by atoms with van der Waals surface area (Å²) in [4.78, 5) is 11.9. The second-order valence-electron chi connectivity index (χ2n) is 6.47. The van der Waals surface area contributed by atoms with E-state index in [0.717, 1.165) is 33.5 Å². The van der Waals surface area contributed by atoms with Gasteiger partial charge in [0.05, 0.1) is 28.2 Å². The molecule has 0 saturated heterocycles. The Bertz CT molecular complexity index is 1130. The summed E-state index contributed by atoms with van der Waals surface area (Å²) in [6, 6.07) is 14.8. The van der Waals surface area contributed by atoms with E-state index in [4.69, 9.17) is 4.52 Å². The molecule has 0 unspecified atom stereocenters. The zero-order valence-corrected chi connectivity index (χ0v) is 15.3. The number of phenols is 1. The number of fused-ring (bicyclic) bond motifs is 1. The van der Waals surface area contributed by atoms with Gasteiger partial charge in [-0.2, -0.15) is 0 Å². The largest absolute Gasteiger partial charge is 0.508 e. The lowest BCUT2D eigenvalue weighted by Gasteiger charge is -2.13. The summed E-state index contributed by atoms with van der Waals surface area (Å²) in [5.41, 5.74) is 4.87. The Morgan fingerprint density at radius 3 is 2.44 bits per heavy atom. The molecule has 2 N–H and O–H groups in total. The van der Waals surface area contributed by atoms with Gasteiger partial charge < -0.3 is 19.5 Å². The van der Waals surface area contributed by atoms with Gasteiger partial charge in [-0.05, 0) is 44.2 Å². The van der Waals surface area contributed by atoms with Crippen LogP contribution in [0.1, 0.15) is 18.4 Å². The molecule has 0 bridgehead atoms. The Hall–Kier alpha value is -3.54. The number of hydrogen-bond acceptors (Lipinski definition) is 4. The molecule has 0 fully saturated rings. The molecule has 0 aliphatic rings. The average molecular weight is 361 g/mol. The number of amides is 1. The molecule has 2 aromatic heterocycles. The number of para-hydroxylation sites is 1. The highest BCUT2D eigenvalue weighted by atomic mass is 16.5. The molecule has 4 rings (SSSR count). The summed E-state index contributed by atoms with van der Waals surface area (Å²) in [6.45, 7) is 5.22. The van der Waals surface area contributed by atoms with Crippen molar-refractivity contribution in [2.75, 3.05) is 5.32 Å². The van der Waals surface area contributed by atoms with Crippen LogP contribution in [0.5, 0.6) is 5.75 Å². The van der Waals surface area contributed by atoms with Gasteiger partial charge >= 0.3 is 0 Å². The van der Waals surface area contributed by atoms with Crippen molar-refractivity contribution in [3.05, 3.63) is 60.0 Å². The maximum atomic E-state index is 11.9. The molecule has 0 radical (unpaired) electrons. The highest BCUT2D eigenvalue weighted by Gasteiger charge is 2.25. The van der Waals surface area contributed by atoms with Crippen molar-refractivity contribution in [2.24, 2.45) is 0 Å². The lowest BCUT2D eigenvalue weighted by atomic mass is 10.1. The molecule has 136 valence electrons. The molecule has 0 aliphatic carbocycles. The number of phenolic OH excluding ortho intramolecular Hbond substituents is 1. The van der Waals surface area contributed by atoms with Crippen LogP contribution in [0.2, 0.25) is 0 Å². The minimum Gasteiger partial charge on any atom is -0.508 e. The molecule has 27 heavy (non-hydrogen) atoms. The van der Waals surface area contributed by atoms with Gasteiger partial charge in [-0.25, -0.2) is 0 Å². The average Bonchev–Trinajstić information content (AvgIpc) is 3.13. The first-order valence-electron chi connectivity index (χ1n) is 8.61. The Balaban J connectivity index is 2.16. The van der Waals surface area contributed by atoms with Crippen molar-refractivity contribution in [1.29, 1.82) is 0 Å². The van der Waals surface area contributed by atoms with Crippen LogP contribution >= 0.6 is 0 Å². The quantitative estimate of drug-likeness (QED) is 0.560. The van der Waals surface area contributed by atoms with Crippen molar-refractivity contribution in [1.82, 2.24) is 9.72 Å². The van der Waals surface area contributed by atoms with Crippen molar-refractivity contribution in [2.45, 2.75) is 20.8 Å². The lowest BCUT2D eigenvalue weighted by Crippen LogP contribution is -2.07. The number of nitrogens with zero attached hydrogens (tertiary/aromatic N) is 2. The summed E-state index contributed by atoms with van der Waals surface area (Å²) in [5.74, 6) is 0.703. The number of benzene rings is 2. The number of aromatic nitrogens is 2. The monoisotopic (exact) mass is 361 g/mol. The summed E-state index contributed by atoms with van der Waals surface area (Å²) >= 11 is 0. The molecule has 2 heterocycles. The standard InChI is InChI=1S/C21H19N3O3/c1-12-19(13(2)27-23-12)21-20(22-14(3)25)17-6-4-5-7-18(17)24(21)15-8-10-16(26)11-9-15/h4-11,26H,1-3H3,(H,22,25). The Labute approximate surface area is 156 Å². The zero-order chi connectivity index (χ0) is 19.1. The van der Waals surface area contributed by atoms with Crippen LogP contribution in [0.3, 0.4) is 0 Å². The van der Waals surface area contributed by atoms with E-state index in [1.165, 1.54) is 6.92 Å². The minimum atomic E-state index is -0.156. The molecule has 0 saturated carbocycles. The van der Waals surface area contributed by atoms with Crippen LogP contribution < -0.4 is 5.32 Å². The van der Waals surface area contributed by atoms with Crippen LogP contribution in [0.4, 0.5) is 5.69 Å². The Kier molecular flexibility index (Phi) is 3.96.